The molecule has 0 saturated carbocycles. The van der Waals surface area contributed by atoms with Crippen LogP contribution in [0.25, 0.3) is 0 Å². The van der Waals surface area contributed by atoms with Crippen molar-refractivity contribution in [3.63, 3.8) is 0 Å². The van der Waals surface area contributed by atoms with E-state index in [1.807, 2.05) is 13.8 Å². The van der Waals surface area contributed by atoms with Gasteiger partial charge in [-0.15, -0.1) is 23.2 Å². The standard InChI is InChI=1S/C9H16Br3Cl2O4P/c1-8(2,7-10)9(11,12)18-19(15,16-5-3-13)17-6-4-14/h3-7H2,1-2H3. The Morgan fingerprint density at radius 3 is 1.84 bits per heavy atom. The molecule has 0 aromatic carbocycles. The van der Waals surface area contributed by atoms with Gasteiger partial charge in [0, 0.05) is 22.5 Å². The number of alkyl halides is 5. The minimum Gasteiger partial charge on any atom is -0.286 e. The summed E-state index contributed by atoms with van der Waals surface area (Å²) in [6.07, 6.45) is 0. The average molecular weight is 530 g/mol. The molecule has 0 bridgehead atoms. The molecule has 0 N–H and O–H groups in total. The van der Waals surface area contributed by atoms with Crippen LogP contribution in [0, 0.1) is 5.41 Å². The average Bonchev–Trinajstić information content (AvgIpc) is 2.33. The van der Waals surface area contributed by atoms with Crippen LogP contribution in [0.2, 0.25) is 0 Å². The molecule has 0 amide bonds. The highest BCUT2D eigenvalue weighted by molar-refractivity contribution is 9.25. The Labute approximate surface area is 149 Å². The lowest BCUT2D eigenvalue weighted by Gasteiger charge is -2.37. The van der Waals surface area contributed by atoms with Crippen molar-refractivity contribution in [3.05, 3.63) is 0 Å². The molecule has 0 saturated heterocycles. The van der Waals surface area contributed by atoms with Gasteiger partial charge in [-0.1, -0.05) is 29.8 Å². The molecule has 0 fully saturated rings. The first-order valence-corrected chi connectivity index (χ1v) is 10.5. The molecule has 19 heavy (non-hydrogen) atoms. The zero-order chi connectivity index (χ0) is 15.2. The van der Waals surface area contributed by atoms with E-state index in [4.69, 9.17) is 36.8 Å². The van der Waals surface area contributed by atoms with Crippen LogP contribution in [0.15, 0.2) is 0 Å². The molecule has 0 radical (unpaired) electrons. The predicted octanol–water partition coefficient (Wildman–Crippen LogP) is 5.49. The van der Waals surface area contributed by atoms with E-state index in [-0.39, 0.29) is 25.0 Å². The second-order valence-electron chi connectivity index (χ2n) is 4.12. The van der Waals surface area contributed by atoms with Crippen molar-refractivity contribution < 1.29 is 18.1 Å². The van der Waals surface area contributed by atoms with Gasteiger partial charge in [-0.25, -0.2) is 4.57 Å². The molecule has 0 aliphatic rings. The predicted molar refractivity (Wildman–Crippen MR) is 90.2 cm³/mol. The van der Waals surface area contributed by atoms with Gasteiger partial charge in [-0.2, -0.15) is 0 Å². The monoisotopic (exact) mass is 526 g/mol. The minimum atomic E-state index is -3.77. The summed E-state index contributed by atoms with van der Waals surface area (Å²) in [5.74, 6) is 0.355. The molecule has 0 heterocycles. The second-order valence-corrected chi connectivity index (χ2v) is 10.3. The van der Waals surface area contributed by atoms with Crippen molar-refractivity contribution in [1.29, 1.82) is 0 Å². The topological polar surface area (TPSA) is 44.8 Å². The summed E-state index contributed by atoms with van der Waals surface area (Å²) in [6.45, 7) is 3.90. The third-order valence-corrected chi connectivity index (χ3v) is 8.18. The first-order valence-electron chi connectivity index (χ1n) is 5.30. The van der Waals surface area contributed by atoms with Crippen molar-refractivity contribution in [3.8, 4) is 0 Å². The van der Waals surface area contributed by atoms with Crippen LogP contribution < -0.4 is 0 Å². The Bertz CT molecular complexity index is 306. The molecule has 116 valence electrons. The van der Waals surface area contributed by atoms with Gasteiger partial charge in [0.15, 0.2) is 3.42 Å². The van der Waals surface area contributed by atoms with Crippen LogP contribution in [0.1, 0.15) is 13.8 Å². The van der Waals surface area contributed by atoms with Crippen molar-refractivity contribution in [1.82, 2.24) is 0 Å². The van der Waals surface area contributed by atoms with Gasteiger partial charge in [0.1, 0.15) is 0 Å². The lowest BCUT2D eigenvalue weighted by atomic mass is 9.98. The lowest BCUT2D eigenvalue weighted by Crippen LogP contribution is -2.37. The van der Waals surface area contributed by atoms with Crippen LogP contribution in [0.4, 0.5) is 0 Å². The molecule has 0 aromatic rings. The summed E-state index contributed by atoms with van der Waals surface area (Å²) in [6, 6.07) is 0. The number of halogens is 5. The molecule has 0 atom stereocenters. The molecule has 0 aromatic heterocycles. The Hall–Kier alpha value is 2.13. The van der Waals surface area contributed by atoms with Crippen LogP contribution in [0.3, 0.4) is 0 Å². The highest BCUT2D eigenvalue weighted by atomic mass is 79.9. The molecule has 0 unspecified atom stereocenters. The van der Waals surface area contributed by atoms with Crippen molar-refractivity contribution >= 4 is 78.8 Å². The largest absolute Gasteiger partial charge is 0.476 e. The van der Waals surface area contributed by atoms with Gasteiger partial charge in [0.2, 0.25) is 0 Å². The maximum atomic E-state index is 12.4. The van der Waals surface area contributed by atoms with Gasteiger partial charge in [0.25, 0.3) is 0 Å². The molecular formula is C9H16Br3Cl2O4P. The number of hydrogen-bond donors (Lipinski definition) is 0. The number of phosphoric ester groups is 1. The van der Waals surface area contributed by atoms with Gasteiger partial charge in [0.05, 0.1) is 13.2 Å². The van der Waals surface area contributed by atoms with Crippen LogP contribution in [-0.4, -0.2) is 33.7 Å². The summed E-state index contributed by atoms with van der Waals surface area (Å²) in [7, 11) is -3.77. The highest BCUT2D eigenvalue weighted by Gasteiger charge is 2.48. The molecule has 0 spiro atoms. The van der Waals surface area contributed by atoms with E-state index in [2.05, 4.69) is 47.8 Å². The first-order chi connectivity index (χ1) is 8.64. The Morgan fingerprint density at radius 1 is 1.11 bits per heavy atom. The summed E-state index contributed by atoms with van der Waals surface area (Å²) in [5, 5.41) is 0.585. The fourth-order valence-corrected chi connectivity index (χ4v) is 4.92. The number of hydrogen-bond acceptors (Lipinski definition) is 4. The maximum absolute atomic E-state index is 12.4. The highest BCUT2D eigenvalue weighted by Crippen LogP contribution is 2.60. The van der Waals surface area contributed by atoms with E-state index in [0.29, 0.717) is 5.33 Å². The molecule has 0 rings (SSSR count). The van der Waals surface area contributed by atoms with Crippen molar-refractivity contribution in [2.45, 2.75) is 17.3 Å². The normalized spacial score (nSPS) is 13.8. The Balaban J connectivity index is 4.94. The lowest BCUT2D eigenvalue weighted by molar-refractivity contribution is 0.0679. The SMILES string of the molecule is CC(C)(CBr)C(Br)(Br)OP(=O)(OCCCl)OCCCl. The van der Waals surface area contributed by atoms with E-state index in [9.17, 15) is 4.57 Å². The van der Waals surface area contributed by atoms with Crippen LogP contribution in [-0.2, 0) is 18.1 Å². The Kier molecular flexibility index (Phi) is 10.4. The van der Waals surface area contributed by atoms with Crippen molar-refractivity contribution in [2.75, 3.05) is 30.3 Å². The van der Waals surface area contributed by atoms with E-state index < -0.39 is 16.7 Å². The van der Waals surface area contributed by atoms with E-state index in [1.165, 1.54) is 0 Å². The molecule has 10 heteroatoms. The molecule has 0 aliphatic heterocycles. The van der Waals surface area contributed by atoms with Crippen LogP contribution >= 0.6 is 78.8 Å². The van der Waals surface area contributed by atoms with Gasteiger partial charge < -0.3 is 0 Å². The van der Waals surface area contributed by atoms with E-state index in [1.54, 1.807) is 0 Å². The van der Waals surface area contributed by atoms with Gasteiger partial charge in [-0.3, -0.25) is 13.6 Å². The zero-order valence-corrected chi connectivity index (χ0v) is 17.7. The van der Waals surface area contributed by atoms with Gasteiger partial charge >= 0.3 is 7.82 Å². The quantitative estimate of drug-likeness (QED) is 0.277. The van der Waals surface area contributed by atoms with Crippen molar-refractivity contribution in [2.24, 2.45) is 5.41 Å². The van der Waals surface area contributed by atoms with E-state index in [0.717, 1.165) is 0 Å². The van der Waals surface area contributed by atoms with Gasteiger partial charge in [-0.05, 0) is 31.9 Å². The third-order valence-electron chi connectivity index (χ3n) is 2.00. The number of phosphoric acid groups is 1. The fourth-order valence-electron chi connectivity index (χ4n) is 0.724. The molecular weight excluding hydrogens is 514 g/mol. The first kappa shape index (κ1) is 21.1. The fraction of sp³-hybridized carbons (Fsp3) is 1.00. The zero-order valence-electron chi connectivity index (χ0n) is 10.5. The third kappa shape index (κ3) is 7.29. The smallest absolute Gasteiger partial charge is 0.286 e. The second kappa shape index (κ2) is 9.31. The molecule has 0 aliphatic carbocycles. The molecule has 4 nitrogen and oxygen atoms in total. The minimum absolute atomic E-state index is 0.0476. The van der Waals surface area contributed by atoms with E-state index >= 15 is 0 Å². The Morgan fingerprint density at radius 2 is 1.53 bits per heavy atom. The summed E-state index contributed by atoms with van der Waals surface area (Å²) in [5.41, 5.74) is -0.433. The summed E-state index contributed by atoms with van der Waals surface area (Å²) < 4.78 is 27.0. The van der Waals surface area contributed by atoms with Crippen LogP contribution in [0.5, 0.6) is 0 Å². The summed E-state index contributed by atoms with van der Waals surface area (Å²) in [4.78, 5) is 0. The number of rotatable bonds is 10. The summed E-state index contributed by atoms with van der Waals surface area (Å²) >= 11 is 21.1. The maximum Gasteiger partial charge on any atom is 0.476 e.